The maximum absolute atomic E-state index is 3.52. The van der Waals surface area contributed by atoms with E-state index in [2.05, 4.69) is 13.2 Å². The average Bonchev–Trinajstić information content (AvgIpc) is 1.65. The van der Waals surface area contributed by atoms with Crippen LogP contribution in [0.15, 0.2) is 25.3 Å². The van der Waals surface area contributed by atoms with Crippen LogP contribution in [-0.2, 0) is 0 Å². The van der Waals surface area contributed by atoms with Gasteiger partial charge in [-0.15, -0.1) is 13.2 Å². The molecule has 0 atom stereocenters. The molecule has 0 unspecified atom stereocenters. The van der Waals surface area contributed by atoms with E-state index >= 15 is 0 Å². The van der Waals surface area contributed by atoms with Crippen LogP contribution in [0.5, 0.6) is 0 Å². The van der Waals surface area contributed by atoms with Gasteiger partial charge in [-0.05, 0) is 0 Å². The molecule has 0 saturated carbocycles. The number of hydrogen-bond donors (Lipinski definition) is 0. The number of rotatable bonds is 2. The van der Waals surface area contributed by atoms with E-state index in [4.69, 9.17) is 0 Å². The van der Waals surface area contributed by atoms with Gasteiger partial charge < -0.3 is 0 Å². The van der Waals surface area contributed by atoms with Crippen LogP contribution in [0.3, 0.4) is 0 Å². The van der Waals surface area contributed by atoms with E-state index in [9.17, 15) is 0 Å². The van der Waals surface area contributed by atoms with E-state index < -0.39 is 0 Å². The smallest absolute Gasteiger partial charge is 0.0150 e. The first-order valence-corrected chi connectivity index (χ1v) is 1.89. The molecule has 0 nitrogen and oxygen atoms in total. The first-order valence-electron chi connectivity index (χ1n) is 1.89. The molecule has 0 saturated heterocycles. The lowest BCUT2D eigenvalue weighted by atomic mass is 10.2. The third-order valence-electron chi connectivity index (χ3n) is 0.644. The Labute approximate surface area is 39.2 Å². The summed E-state index contributed by atoms with van der Waals surface area (Å²) in [5.41, 5.74) is 0. The standard InChI is InChI=1S/C6H9/c1-4-6(3)5-2/h4-5H,1-2H2,3H3. The molecule has 0 fully saturated rings. The van der Waals surface area contributed by atoms with Crippen molar-refractivity contribution in [3.8, 4) is 0 Å². The Kier molecular flexibility index (Phi) is 2.47. The predicted octanol–water partition coefficient (Wildman–Crippen LogP) is 1.95. The van der Waals surface area contributed by atoms with Gasteiger partial charge in [-0.3, -0.25) is 0 Å². The molecule has 0 spiro atoms. The largest absolute Gasteiger partial charge is 0.102 e. The molecule has 1 radical (unpaired) electrons. The predicted molar refractivity (Wildman–Crippen MR) is 29.3 cm³/mol. The van der Waals surface area contributed by atoms with Crippen LogP contribution >= 0.6 is 0 Å². The summed E-state index contributed by atoms with van der Waals surface area (Å²) in [6.45, 7) is 9.00. The minimum absolute atomic E-state index is 1.12. The molecule has 0 aromatic carbocycles. The van der Waals surface area contributed by atoms with Crippen molar-refractivity contribution in [3.63, 3.8) is 0 Å². The average molecular weight is 81.1 g/mol. The van der Waals surface area contributed by atoms with Gasteiger partial charge in [-0.1, -0.05) is 19.1 Å². The van der Waals surface area contributed by atoms with Gasteiger partial charge in [-0.2, -0.15) is 0 Å². The highest BCUT2D eigenvalue weighted by Crippen LogP contribution is 1.95. The van der Waals surface area contributed by atoms with E-state index in [-0.39, 0.29) is 0 Å². The van der Waals surface area contributed by atoms with E-state index in [1.165, 1.54) is 0 Å². The van der Waals surface area contributed by atoms with Crippen LogP contribution in [0, 0.1) is 5.92 Å². The molecule has 33 valence electrons. The van der Waals surface area contributed by atoms with Gasteiger partial charge in [0, 0.05) is 5.92 Å². The fraction of sp³-hybridized carbons (Fsp3) is 0.167. The van der Waals surface area contributed by atoms with Crippen molar-refractivity contribution in [3.05, 3.63) is 31.2 Å². The summed E-state index contributed by atoms with van der Waals surface area (Å²) in [5, 5.41) is 0. The summed E-state index contributed by atoms with van der Waals surface area (Å²) in [6.07, 6.45) is 3.54. The molecule has 0 aromatic heterocycles. The monoisotopic (exact) mass is 81.1 g/mol. The van der Waals surface area contributed by atoms with Gasteiger partial charge in [0.15, 0.2) is 0 Å². The summed E-state index contributed by atoms with van der Waals surface area (Å²) < 4.78 is 0. The van der Waals surface area contributed by atoms with E-state index in [0.717, 1.165) is 5.92 Å². The lowest BCUT2D eigenvalue weighted by Gasteiger charge is -1.87. The van der Waals surface area contributed by atoms with Crippen LogP contribution in [0.4, 0.5) is 0 Å². The summed E-state index contributed by atoms with van der Waals surface area (Å²) >= 11 is 0. The van der Waals surface area contributed by atoms with Gasteiger partial charge in [0.25, 0.3) is 0 Å². The zero-order valence-electron chi connectivity index (χ0n) is 4.07. The van der Waals surface area contributed by atoms with Crippen molar-refractivity contribution < 1.29 is 0 Å². The molecule has 0 aromatic rings. The zero-order valence-corrected chi connectivity index (χ0v) is 4.07. The molecule has 0 bridgehead atoms. The highest BCUT2D eigenvalue weighted by atomic mass is 13.8. The molecule has 0 heterocycles. The molecule has 0 heteroatoms. The van der Waals surface area contributed by atoms with Crippen molar-refractivity contribution in [2.45, 2.75) is 6.92 Å². The molecule has 0 aliphatic heterocycles. The maximum atomic E-state index is 3.52. The minimum Gasteiger partial charge on any atom is -0.102 e. The molecule has 0 aliphatic rings. The van der Waals surface area contributed by atoms with Crippen LogP contribution in [-0.4, -0.2) is 0 Å². The second-order valence-electron chi connectivity index (χ2n) is 1.15. The van der Waals surface area contributed by atoms with Crippen molar-refractivity contribution in [2.75, 3.05) is 0 Å². The Morgan fingerprint density at radius 1 is 1.33 bits per heavy atom. The maximum Gasteiger partial charge on any atom is 0.0150 e. The lowest BCUT2D eigenvalue weighted by molar-refractivity contribution is 1.35. The normalized spacial score (nSPS) is 8.33. The molecule has 0 amide bonds. The zero-order chi connectivity index (χ0) is 4.99. The summed E-state index contributed by atoms with van der Waals surface area (Å²) in [5.74, 6) is 1.12. The molecular formula is C6H9. The van der Waals surface area contributed by atoms with Crippen LogP contribution in [0.1, 0.15) is 6.92 Å². The summed E-state index contributed by atoms with van der Waals surface area (Å²) in [4.78, 5) is 0. The fourth-order valence-corrected chi connectivity index (χ4v) is 0.0833. The van der Waals surface area contributed by atoms with Crippen LogP contribution < -0.4 is 0 Å². The van der Waals surface area contributed by atoms with E-state index in [0.29, 0.717) is 0 Å². The first kappa shape index (κ1) is 5.48. The van der Waals surface area contributed by atoms with Crippen molar-refractivity contribution in [1.82, 2.24) is 0 Å². The SMILES string of the molecule is C=C[C](C)C=C. The number of hydrogen-bond acceptors (Lipinski definition) is 0. The fourth-order valence-electron chi connectivity index (χ4n) is 0.0833. The van der Waals surface area contributed by atoms with Crippen LogP contribution in [0.2, 0.25) is 0 Å². The van der Waals surface area contributed by atoms with Crippen molar-refractivity contribution in [2.24, 2.45) is 0 Å². The summed E-state index contributed by atoms with van der Waals surface area (Å²) in [6, 6.07) is 0. The molecule has 0 aliphatic carbocycles. The summed E-state index contributed by atoms with van der Waals surface area (Å²) in [7, 11) is 0. The van der Waals surface area contributed by atoms with Gasteiger partial charge in [0.05, 0.1) is 0 Å². The van der Waals surface area contributed by atoms with Gasteiger partial charge in [0.2, 0.25) is 0 Å². The molecular weight excluding hydrogens is 72.1 g/mol. The Morgan fingerprint density at radius 3 is 1.67 bits per heavy atom. The topological polar surface area (TPSA) is 0 Å². The highest BCUT2D eigenvalue weighted by Gasteiger charge is 1.80. The molecule has 0 rings (SSSR count). The van der Waals surface area contributed by atoms with Crippen molar-refractivity contribution in [1.29, 1.82) is 0 Å². The quantitative estimate of drug-likeness (QED) is 0.476. The second-order valence-corrected chi connectivity index (χ2v) is 1.15. The van der Waals surface area contributed by atoms with E-state index in [1.54, 1.807) is 12.2 Å². The van der Waals surface area contributed by atoms with E-state index in [1.807, 2.05) is 6.92 Å². The van der Waals surface area contributed by atoms with Crippen LogP contribution in [0.25, 0.3) is 0 Å². The minimum atomic E-state index is 1.12. The highest BCUT2D eigenvalue weighted by molar-refractivity contribution is 5.14. The third kappa shape index (κ3) is 1.77. The number of allylic oxidation sites excluding steroid dienone is 2. The van der Waals surface area contributed by atoms with Gasteiger partial charge in [-0.25, -0.2) is 0 Å². The van der Waals surface area contributed by atoms with Gasteiger partial charge in [0.1, 0.15) is 0 Å². The van der Waals surface area contributed by atoms with Gasteiger partial charge >= 0.3 is 0 Å². The Morgan fingerprint density at radius 2 is 1.67 bits per heavy atom. The molecule has 6 heavy (non-hydrogen) atoms. The van der Waals surface area contributed by atoms with Crippen molar-refractivity contribution >= 4 is 0 Å². The lowest BCUT2D eigenvalue weighted by Crippen LogP contribution is -1.71. The Bertz CT molecular complexity index is 45.1. The Balaban J connectivity index is 3.21. The first-order chi connectivity index (χ1) is 2.81. The third-order valence-corrected chi connectivity index (χ3v) is 0.644. The second kappa shape index (κ2) is 2.70. The molecule has 0 N–H and O–H groups in total. The Hall–Kier alpha value is -0.520.